The summed E-state index contributed by atoms with van der Waals surface area (Å²) in [6, 6.07) is 15.1. The number of fused-ring (bicyclic) bond motifs is 2. The van der Waals surface area contributed by atoms with Crippen molar-refractivity contribution in [3.8, 4) is 0 Å². The van der Waals surface area contributed by atoms with Gasteiger partial charge in [-0.25, -0.2) is 9.18 Å². The summed E-state index contributed by atoms with van der Waals surface area (Å²) in [5.74, 6) is -0.250. The highest BCUT2D eigenvalue weighted by atomic mass is 127. The second-order valence-corrected chi connectivity index (χ2v) is 9.90. The van der Waals surface area contributed by atoms with Gasteiger partial charge in [0, 0.05) is 66.9 Å². The number of anilines is 2. The van der Waals surface area contributed by atoms with E-state index in [-0.39, 0.29) is 35.4 Å². The van der Waals surface area contributed by atoms with Crippen molar-refractivity contribution in [2.75, 3.05) is 49.5 Å². The molecular formula is C31H36FIN4O2. The largest absolute Gasteiger partial charge is 1.00 e. The summed E-state index contributed by atoms with van der Waals surface area (Å²) in [5, 5.41) is 4.97. The molecule has 0 amide bonds. The Kier molecular flexibility index (Phi) is 9.61. The van der Waals surface area contributed by atoms with E-state index < -0.39 is 0 Å². The summed E-state index contributed by atoms with van der Waals surface area (Å²) < 4.78 is 22.4. The second kappa shape index (κ2) is 12.9. The van der Waals surface area contributed by atoms with Crippen LogP contribution in [0.1, 0.15) is 37.9 Å². The molecule has 1 N–H and O–H groups in total. The average molecular weight is 643 g/mol. The van der Waals surface area contributed by atoms with Crippen molar-refractivity contribution in [2.24, 2.45) is 7.05 Å². The van der Waals surface area contributed by atoms with Crippen molar-refractivity contribution in [1.82, 2.24) is 4.90 Å². The van der Waals surface area contributed by atoms with Crippen LogP contribution in [0.3, 0.4) is 0 Å². The fraction of sp³-hybridized carbons (Fsp3) is 0.355. The number of benzene rings is 2. The summed E-state index contributed by atoms with van der Waals surface area (Å²) in [6.07, 6.45) is 6.17. The molecule has 5 rings (SSSR count). The highest BCUT2D eigenvalue weighted by Crippen LogP contribution is 2.24. The van der Waals surface area contributed by atoms with E-state index >= 15 is 0 Å². The van der Waals surface area contributed by atoms with E-state index in [0.29, 0.717) is 23.4 Å². The lowest BCUT2D eigenvalue weighted by Crippen LogP contribution is -3.00. The van der Waals surface area contributed by atoms with Gasteiger partial charge in [0.1, 0.15) is 18.4 Å². The van der Waals surface area contributed by atoms with Gasteiger partial charge in [-0.15, -0.1) is 0 Å². The molecule has 6 nitrogen and oxygen atoms in total. The minimum atomic E-state index is -0.375. The highest BCUT2D eigenvalue weighted by molar-refractivity contribution is 5.84. The summed E-state index contributed by atoms with van der Waals surface area (Å²) in [7, 11) is 1.95. The van der Waals surface area contributed by atoms with Crippen LogP contribution in [0.5, 0.6) is 0 Å². The van der Waals surface area contributed by atoms with Crippen LogP contribution in [-0.2, 0) is 7.05 Å². The molecule has 2 aromatic heterocycles. The van der Waals surface area contributed by atoms with Crippen LogP contribution in [0.25, 0.3) is 34.0 Å². The zero-order valence-corrected chi connectivity index (χ0v) is 25.0. The van der Waals surface area contributed by atoms with E-state index in [0.717, 1.165) is 60.4 Å². The van der Waals surface area contributed by atoms with Crippen LogP contribution in [0.2, 0.25) is 0 Å². The Labute approximate surface area is 246 Å². The third-order valence-corrected chi connectivity index (χ3v) is 7.55. The summed E-state index contributed by atoms with van der Waals surface area (Å²) in [4.78, 5) is 17.4. The monoisotopic (exact) mass is 642 g/mol. The summed E-state index contributed by atoms with van der Waals surface area (Å²) in [5.41, 5.74) is 4.04. The molecule has 1 aliphatic rings. The fourth-order valence-electron chi connectivity index (χ4n) is 5.28. The lowest BCUT2D eigenvalue weighted by Gasteiger charge is -2.20. The molecule has 0 atom stereocenters. The zero-order valence-electron chi connectivity index (χ0n) is 22.8. The minimum absolute atomic E-state index is 0. The predicted molar refractivity (Wildman–Crippen MR) is 154 cm³/mol. The maximum atomic E-state index is 14.8. The average Bonchev–Trinajstić information content (AvgIpc) is 3.43. The van der Waals surface area contributed by atoms with Gasteiger partial charge in [-0.1, -0.05) is 0 Å². The Morgan fingerprint density at radius 3 is 2.51 bits per heavy atom. The Hall–Kier alpha value is -2.98. The molecule has 2 aromatic carbocycles. The van der Waals surface area contributed by atoms with E-state index in [1.54, 1.807) is 12.1 Å². The first-order chi connectivity index (χ1) is 18.5. The van der Waals surface area contributed by atoms with Crippen LogP contribution in [0.15, 0.2) is 57.7 Å². The quantitative estimate of drug-likeness (QED) is 0.173. The molecule has 8 heteroatoms. The van der Waals surface area contributed by atoms with E-state index in [2.05, 4.69) is 35.0 Å². The van der Waals surface area contributed by atoms with E-state index in [4.69, 9.17) is 4.42 Å². The van der Waals surface area contributed by atoms with Gasteiger partial charge in [0.25, 0.3) is 0 Å². The second-order valence-electron chi connectivity index (χ2n) is 9.90. The molecule has 1 aliphatic heterocycles. The van der Waals surface area contributed by atoms with Crippen molar-refractivity contribution in [3.63, 3.8) is 0 Å². The molecule has 1 fully saturated rings. The Morgan fingerprint density at radius 2 is 1.77 bits per heavy atom. The number of halogens is 2. The Bertz CT molecular complexity index is 1540. The number of nitrogens with zero attached hydrogens (tertiary/aromatic N) is 3. The molecule has 3 heterocycles. The smallest absolute Gasteiger partial charge is 0.343 e. The SMILES string of the molecule is CCN(CC)c1ccc2cc(/C=C/c3ccc4cc(F)c(NCCN5CCCC5)cc4[n+]3C)c(=O)oc2c1.[I-]. The third kappa shape index (κ3) is 6.44. The standard InChI is InChI=1S/C31H35FN4O2.HI/c1-4-36(5-2)26-13-9-23-18-24(31(37)38-30(23)20-26)10-12-25-11-8-22-19-27(32)28(21-29(22)34(25)3)33-14-17-35-15-6-7-16-35;/h8-13,18-21H,4-7,14-17H2,1-3H3;1H/b12-10+;. The molecule has 39 heavy (non-hydrogen) atoms. The third-order valence-electron chi connectivity index (χ3n) is 7.55. The molecule has 206 valence electrons. The van der Waals surface area contributed by atoms with E-state index in [1.807, 2.05) is 54.1 Å². The van der Waals surface area contributed by atoms with Crippen LogP contribution >= 0.6 is 0 Å². The molecule has 4 aromatic rings. The fourth-order valence-corrected chi connectivity index (χ4v) is 5.28. The molecule has 0 spiro atoms. The number of hydrogen-bond acceptors (Lipinski definition) is 5. The zero-order chi connectivity index (χ0) is 26.6. The van der Waals surface area contributed by atoms with Crippen LogP contribution < -0.4 is 44.4 Å². The van der Waals surface area contributed by atoms with Gasteiger partial charge in [-0.3, -0.25) is 0 Å². The molecule has 0 unspecified atom stereocenters. The molecule has 0 saturated carbocycles. The van der Waals surface area contributed by atoms with Crippen LogP contribution in [0, 0.1) is 5.82 Å². The van der Waals surface area contributed by atoms with Gasteiger partial charge in [0.2, 0.25) is 11.2 Å². The molecule has 1 saturated heterocycles. The number of aryl methyl sites for hydroxylation is 1. The maximum absolute atomic E-state index is 14.8. The first-order valence-corrected chi connectivity index (χ1v) is 13.6. The van der Waals surface area contributed by atoms with Crippen LogP contribution in [-0.4, -0.2) is 44.2 Å². The predicted octanol–water partition coefficient (Wildman–Crippen LogP) is 2.44. The van der Waals surface area contributed by atoms with Crippen molar-refractivity contribution in [2.45, 2.75) is 26.7 Å². The first-order valence-electron chi connectivity index (χ1n) is 13.6. The van der Waals surface area contributed by atoms with Gasteiger partial charge in [-0.2, -0.15) is 4.57 Å². The highest BCUT2D eigenvalue weighted by Gasteiger charge is 2.16. The maximum Gasteiger partial charge on any atom is 0.343 e. The number of pyridine rings is 1. The van der Waals surface area contributed by atoms with Gasteiger partial charge in [-0.05, 0) is 76.2 Å². The van der Waals surface area contributed by atoms with Crippen molar-refractivity contribution >= 4 is 45.4 Å². The van der Waals surface area contributed by atoms with Gasteiger partial charge in [0.05, 0.1) is 11.3 Å². The van der Waals surface area contributed by atoms with E-state index in [1.165, 1.54) is 12.8 Å². The normalized spacial score (nSPS) is 13.8. The van der Waals surface area contributed by atoms with Crippen molar-refractivity contribution < 1.29 is 37.4 Å². The number of hydrogen-bond donors (Lipinski definition) is 1. The molecular weight excluding hydrogens is 606 g/mol. The molecule has 0 radical (unpaired) electrons. The Morgan fingerprint density at radius 1 is 1.03 bits per heavy atom. The van der Waals surface area contributed by atoms with Crippen molar-refractivity contribution in [3.05, 3.63) is 76.0 Å². The van der Waals surface area contributed by atoms with Gasteiger partial charge >= 0.3 is 5.63 Å². The minimum Gasteiger partial charge on any atom is -1.00 e. The molecule has 0 bridgehead atoms. The number of aromatic nitrogens is 1. The number of rotatable bonds is 9. The van der Waals surface area contributed by atoms with Crippen LogP contribution in [0.4, 0.5) is 15.8 Å². The van der Waals surface area contributed by atoms with Gasteiger partial charge < -0.3 is 43.5 Å². The van der Waals surface area contributed by atoms with E-state index in [9.17, 15) is 9.18 Å². The Balaban J connectivity index is 0.00000353. The lowest BCUT2D eigenvalue weighted by atomic mass is 10.1. The van der Waals surface area contributed by atoms with Gasteiger partial charge in [0.15, 0.2) is 0 Å². The lowest BCUT2D eigenvalue weighted by molar-refractivity contribution is -0.646. The van der Waals surface area contributed by atoms with Crippen molar-refractivity contribution in [1.29, 1.82) is 0 Å². The number of likely N-dealkylation sites (tertiary alicyclic amines) is 1. The first kappa shape index (κ1) is 29.0. The molecule has 0 aliphatic carbocycles. The number of nitrogens with one attached hydrogen (secondary N) is 1. The topological polar surface area (TPSA) is 52.6 Å². The summed E-state index contributed by atoms with van der Waals surface area (Å²) >= 11 is 0. The summed E-state index contributed by atoms with van der Waals surface area (Å²) in [6.45, 7) is 9.86.